The highest BCUT2D eigenvalue weighted by atomic mass is 16.1. The van der Waals surface area contributed by atoms with Crippen molar-refractivity contribution in [3.05, 3.63) is 34.2 Å². The molecule has 0 bridgehead atoms. The normalized spacial score (nSPS) is 16.6. The van der Waals surface area contributed by atoms with Gasteiger partial charge in [0.2, 0.25) is 0 Å². The van der Waals surface area contributed by atoms with E-state index in [-0.39, 0.29) is 5.56 Å². The molecule has 1 aromatic heterocycles. The third-order valence-electron chi connectivity index (χ3n) is 2.87. The van der Waals surface area contributed by atoms with E-state index in [2.05, 4.69) is 5.32 Å². The Morgan fingerprint density at radius 1 is 1.57 bits per heavy atom. The van der Waals surface area contributed by atoms with Crippen LogP contribution in [-0.4, -0.2) is 10.6 Å². The lowest BCUT2D eigenvalue weighted by atomic mass is 9.93. The molecule has 1 aliphatic rings. The molecule has 0 spiro atoms. The summed E-state index contributed by atoms with van der Waals surface area (Å²) in [7, 11) is 0. The Morgan fingerprint density at radius 2 is 2.36 bits per heavy atom. The van der Waals surface area contributed by atoms with Crippen molar-refractivity contribution in [2.24, 2.45) is 0 Å². The zero-order valence-corrected chi connectivity index (χ0v) is 8.49. The third kappa shape index (κ3) is 1.87. The van der Waals surface area contributed by atoms with E-state index in [0.717, 1.165) is 5.56 Å². The lowest BCUT2D eigenvalue weighted by Crippen LogP contribution is -2.39. The Morgan fingerprint density at radius 3 is 3.00 bits per heavy atom. The second-order valence-electron chi connectivity index (χ2n) is 3.96. The summed E-state index contributed by atoms with van der Waals surface area (Å²) in [6.45, 7) is 2.49. The van der Waals surface area contributed by atoms with E-state index in [1.165, 1.54) is 19.3 Å². The fraction of sp³-hybridized carbons (Fsp3) is 0.545. The Bertz CT molecular complexity index is 366. The van der Waals surface area contributed by atoms with Gasteiger partial charge in [0.1, 0.15) is 0 Å². The first-order valence-corrected chi connectivity index (χ1v) is 5.17. The Labute approximate surface area is 83.8 Å². The molecule has 3 nitrogen and oxygen atoms in total. The predicted molar refractivity (Wildman–Crippen MR) is 56.2 cm³/mol. The van der Waals surface area contributed by atoms with Gasteiger partial charge in [-0.05, 0) is 25.8 Å². The molecule has 1 heterocycles. The van der Waals surface area contributed by atoms with Crippen LogP contribution in [0.4, 0.5) is 0 Å². The quantitative estimate of drug-likeness (QED) is 0.782. The van der Waals surface area contributed by atoms with E-state index in [4.69, 9.17) is 0 Å². The molecule has 1 fully saturated rings. The standard InChI is InChI=1S/C11H16N2O/c1-9-4-3-7-13(11(9)14)8-12-10-5-2-6-10/h3-4,7,10,12H,2,5-6,8H2,1H3. The van der Waals surface area contributed by atoms with Crippen LogP contribution in [0.1, 0.15) is 24.8 Å². The molecular formula is C11H16N2O. The smallest absolute Gasteiger partial charge is 0.254 e. The van der Waals surface area contributed by atoms with Gasteiger partial charge in [0.05, 0.1) is 6.67 Å². The molecule has 1 saturated carbocycles. The van der Waals surface area contributed by atoms with Crippen molar-refractivity contribution in [2.45, 2.75) is 38.9 Å². The van der Waals surface area contributed by atoms with Gasteiger partial charge in [-0.15, -0.1) is 0 Å². The molecule has 0 aliphatic heterocycles. The fourth-order valence-corrected chi connectivity index (χ4v) is 1.62. The highest BCUT2D eigenvalue weighted by molar-refractivity contribution is 5.07. The molecule has 0 aromatic carbocycles. The summed E-state index contributed by atoms with van der Waals surface area (Å²) in [5, 5.41) is 3.37. The van der Waals surface area contributed by atoms with Crippen molar-refractivity contribution in [1.82, 2.24) is 9.88 Å². The van der Waals surface area contributed by atoms with Gasteiger partial charge in [-0.25, -0.2) is 0 Å². The minimum Gasteiger partial charge on any atom is -0.302 e. The molecule has 0 atom stereocenters. The van der Waals surface area contributed by atoms with E-state index in [1.807, 2.05) is 25.3 Å². The van der Waals surface area contributed by atoms with E-state index >= 15 is 0 Å². The average Bonchev–Trinajstić information content (AvgIpc) is 2.09. The first kappa shape index (κ1) is 9.46. The van der Waals surface area contributed by atoms with Crippen molar-refractivity contribution in [1.29, 1.82) is 0 Å². The fourth-order valence-electron chi connectivity index (χ4n) is 1.62. The van der Waals surface area contributed by atoms with Crippen LogP contribution in [-0.2, 0) is 6.67 Å². The first-order valence-electron chi connectivity index (χ1n) is 5.17. The molecular weight excluding hydrogens is 176 g/mol. The summed E-state index contributed by atoms with van der Waals surface area (Å²) in [5.74, 6) is 0. The van der Waals surface area contributed by atoms with Gasteiger partial charge in [0, 0.05) is 17.8 Å². The van der Waals surface area contributed by atoms with Crippen molar-refractivity contribution in [3.63, 3.8) is 0 Å². The molecule has 0 unspecified atom stereocenters. The zero-order valence-electron chi connectivity index (χ0n) is 8.49. The summed E-state index contributed by atoms with van der Waals surface area (Å²) in [6.07, 6.45) is 5.66. The number of nitrogens with one attached hydrogen (secondary N) is 1. The van der Waals surface area contributed by atoms with Gasteiger partial charge in [0.15, 0.2) is 0 Å². The number of aryl methyl sites for hydroxylation is 1. The van der Waals surface area contributed by atoms with Crippen LogP contribution in [0.5, 0.6) is 0 Å². The average molecular weight is 192 g/mol. The van der Waals surface area contributed by atoms with Crippen LogP contribution < -0.4 is 10.9 Å². The summed E-state index contributed by atoms with van der Waals surface area (Å²) < 4.78 is 1.73. The molecule has 0 amide bonds. The van der Waals surface area contributed by atoms with Crippen molar-refractivity contribution >= 4 is 0 Å². The lowest BCUT2D eigenvalue weighted by molar-refractivity contribution is 0.313. The Balaban J connectivity index is 2.01. The minimum absolute atomic E-state index is 0.110. The summed E-state index contributed by atoms with van der Waals surface area (Å²) >= 11 is 0. The topological polar surface area (TPSA) is 34.0 Å². The van der Waals surface area contributed by atoms with Crippen LogP contribution in [0.3, 0.4) is 0 Å². The number of rotatable bonds is 3. The molecule has 1 N–H and O–H groups in total. The summed E-state index contributed by atoms with van der Waals surface area (Å²) in [6, 6.07) is 4.39. The highest BCUT2D eigenvalue weighted by Gasteiger charge is 2.16. The number of aromatic nitrogens is 1. The minimum atomic E-state index is 0.110. The maximum absolute atomic E-state index is 11.6. The second kappa shape index (κ2) is 3.96. The van der Waals surface area contributed by atoms with Crippen LogP contribution in [0.2, 0.25) is 0 Å². The maximum Gasteiger partial charge on any atom is 0.254 e. The molecule has 14 heavy (non-hydrogen) atoms. The molecule has 3 heteroatoms. The van der Waals surface area contributed by atoms with Gasteiger partial charge in [-0.2, -0.15) is 0 Å². The number of pyridine rings is 1. The van der Waals surface area contributed by atoms with Crippen LogP contribution in [0.25, 0.3) is 0 Å². The number of nitrogens with zero attached hydrogens (tertiary/aromatic N) is 1. The summed E-state index contributed by atoms with van der Waals surface area (Å²) in [5.41, 5.74) is 0.919. The van der Waals surface area contributed by atoms with Crippen molar-refractivity contribution < 1.29 is 0 Å². The van der Waals surface area contributed by atoms with Crippen LogP contribution in [0, 0.1) is 6.92 Å². The van der Waals surface area contributed by atoms with Gasteiger partial charge < -0.3 is 4.57 Å². The first-order chi connectivity index (χ1) is 6.77. The van der Waals surface area contributed by atoms with Crippen molar-refractivity contribution in [3.8, 4) is 0 Å². The highest BCUT2D eigenvalue weighted by Crippen LogP contribution is 2.17. The van der Waals surface area contributed by atoms with E-state index in [9.17, 15) is 4.79 Å². The van der Waals surface area contributed by atoms with E-state index < -0.39 is 0 Å². The van der Waals surface area contributed by atoms with Gasteiger partial charge in [-0.1, -0.05) is 12.5 Å². The largest absolute Gasteiger partial charge is 0.302 e. The maximum atomic E-state index is 11.6. The predicted octanol–water partition coefficient (Wildman–Crippen LogP) is 1.26. The number of hydrogen-bond acceptors (Lipinski definition) is 2. The van der Waals surface area contributed by atoms with E-state index in [0.29, 0.717) is 12.7 Å². The zero-order chi connectivity index (χ0) is 9.97. The van der Waals surface area contributed by atoms with Gasteiger partial charge >= 0.3 is 0 Å². The molecule has 1 aromatic rings. The molecule has 1 aliphatic carbocycles. The molecule has 76 valence electrons. The van der Waals surface area contributed by atoms with Crippen LogP contribution >= 0.6 is 0 Å². The Hall–Kier alpha value is -1.09. The molecule has 0 saturated heterocycles. The SMILES string of the molecule is Cc1cccn(CNC2CCC2)c1=O. The van der Waals surface area contributed by atoms with Gasteiger partial charge in [0.25, 0.3) is 5.56 Å². The van der Waals surface area contributed by atoms with Crippen molar-refractivity contribution in [2.75, 3.05) is 0 Å². The number of hydrogen-bond donors (Lipinski definition) is 1. The summed E-state index contributed by atoms with van der Waals surface area (Å²) in [4.78, 5) is 11.6. The Kier molecular flexibility index (Phi) is 2.68. The molecule has 2 rings (SSSR count). The lowest BCUT2D eigenvalue weighted by Gasteiger charge is -2.26. The second-order valence-corrected chi connectivity index (χ2v) is 3.96. The molecule has 0 radical (unpaired) electrons. The van der Waals surface area contributed by atoms with Gasteiger partial charge in [-0.3, -0.25) is 10.1 Å². The third-order valence-corrected chi connectivity index (χ3v) is 2.87. The monoisotopic (exact) mass is 192 g/mol. The van der Waals surface area contributed by atoms with E-state index in [1.54, 1.807) is 4.57 Å². The van der Waals surface area contributed by atoms with Crippen LogP contribution in [0.15, 0.2) is 23.1 Å².